The van der Waals surface area contributed by atoms with Crippen molar-refractivity contribution in [1.82, 2.24) is 4.90 Å². The topological polar surface area (TPSA) is 69.7 Å². The first-order valence-electron chi connectivity index (χ1n) is 7.93. The van der Waals surface area contributed by atoms with Crippen molar-refractivity contribution in [2.75, 3.05) is 13.1 Å². The number of nitrogens with zero attached hydrogens (tertiary/aromatic N) is 1. The smallest absolute Gasteiger partial charge is 0.410 e. The summed E-state index contributed by atoms with van der Waals surface area (Å²) in [5, 5.41) is 11.5. The van der Waals surface area contributed by atoms with Crippen molar-refractivity contribution in [2.24, 2.45) is 5.92 Å². The molecule has 1 amide bonds. The zero-order chi connectivity index (χ0) is 17.2. The minimum atomic E-state index is -1.06. The average molecular weight is 318 g/mol. The van der Waals surface area contributed by atoms with Crippen LogP contribution >= 0.6 is 0 Å². The summed E-state index contributed by atoms with van der Waals surface area (Å²) < 4.78 is 5.40. The highest BCUT2D eigenvalue weighted by atomic mass is 16.6. The van der Waals surface area contributed by atoms with E-state index in [4.69, 9.17) is 4.74 Å². The van der Waals surface area contributed by atoms with Crippen LogP contribution in [0.3, 0.4) is 0 Å². The molecule has 23 heavy (non-hydrogen) atoms. The molecule has 1 saturated heterocycles. The third-order valence-corrected chi connectivity index (χ3v) is 4.04. The maximum atomic E-state index is 12.3. The van der Waals surface area contributed by atoms with Gasteiger partial charge < -0.3 is 19.5 Å². The fraction of sp³-hybridized carbons (Fsp3) is 0.556. The summed E-state index contributed by atoms with van der Waals surface area (Å²) in [5.74, 6) is -1.92. The number of carboxylic acid groups (broad SMARTS) is 1. The molecular weight excluding hydrogens is 294 g/mol. The number of aliphatic carboxylic acids is 1. The summed E-state index contributed by atoms with van der Waals surface area (Å²) in [4.78, 5) is 25.4. The number of piperidine rings is 1. The van der Waals surface area contributed by atoms with Gasteiger partial charge >= 0.3 is 6.09 Å². The average Bonchev–Trinajstić information content (AvgIpc) is 2.44. The van der Waals surface area contributed by atoms with E-state index in [2.05, 4.69) is 0 Å². The summed E-state index contributed by atoms with van der Waals surface area (Å²) in [6, 6.07) is 7.75. The first-order chi connectivity index (χ1) is 10.7. The van der Waals surface area contributed by atoms with Crippen molar-refractivity contribution in [2.45, 2.75) is 45.6 Å². The molecule has 2 unspecified atom stereocenters. The monoisotopic (exact) mass is 318 g/mol. The molecule has 126 valence electrons. The van der Waals surface area contributed by atoms with Crippen LogP contribution in [0.25, 0.3) is 0 Å². The van der Waals surface area contributed by atoms with Crippen molar-refractivity contribution in [1.29, 1.82) is 0 Å². The van der Waals surface area contributed by atoms with Crippen LogP contribution in [0.15, 0.2) is 24.3 Å². The number of hydrogen-bond acceptors (Lipinski definition) is 4. The van der Waals surface area contributed by atoms with Crippen molar-refractivity contribution in [3.05, 3.63) is 35.4 Å². The Hall–Kier alpha value is -2.04. The standard InChI is InChI=1S/C18H25NO4/c1-12-6-5-7-13(10-12)15-11-19(9-8-14(15)16(20)21)17(22)23-18(2,3)4/h5-7,10,14-15H,8-9,11H2,1-4H3,(H,20,21)/p-1. The Morgan fingerprint density at radius 1 is 1.30 bits per heavy atom. The number of likely N-dealkylation sites (tertiary alicyclic amines) is 1. The van der Waals surface area contributed by atoms with Gasteiger partial charge in [-0.05, 0) is 39.7 Å². The summed E-state index contributed by atoms with van der Waals surface area (Å²) in [6.45, 7) is 8.11. The number of aryl methyl sites for hydroxylation is 1. The van der Waals surface area contributed by atoms with E-state index in [0.717, 1.165) is 11.1 Å². The maximum Gasteiger partial charge on any atom is 0.410 e. The number of hydrogen-bond donors (Lipinski definition) is 0. The molecule has 0 saturated carbocycles. The van der Waals surface area contributed by atoms with Gasteiger partial charge in [0.2, 0.25) is 0 Å². The van der Waals surface area contributed by atoms with Gasteiger partial charge in [-0.25, -0.2) is 4.79 Å². The normalized spacial score (nSPS) is 21.8. The summed E-state index contributed by atoms with van der Waals surface area (Å²) in [5.41, 5.74) is 1.42. The Morgan fingerprint density at radius 2 is 2.00 bits per heavy atom. The van der Waals surface area contributed by atoms with Gasteiger partial charge in [0.05, 0.1) is 0 Å². The van der Waals surface area contributed by atoms with Gasteiger partial charge in [-0.1, -0.05) is 29.8 Å². The lowest BCUT2D eigenvalue weighted by atomic mass is 9.80. The Kier molecular flexibility index (Phi) is 4.97. The van der Waals surface area contributed by atoms with E-state index < -0.39 is 23.6 Å². The van der Waals surface area contributed by atoms with Crippen molar-refractivity contribution in [3.63, 3.8) is 0 Å². The second-order valence-corrected chi connectivity index (χ2v) is 7.16. The Labute approximate surface area is 137 Å². The fourth-order valence-electron chi connectivity index (χ4n) is 2.96. The number of carbonyl (C=O) groups excluding carboxylic acids is 2. The molecule has 5 nitrogen and oxygen atoms in total. The number of benzene rings is 1. The van der Waals surface area contributed by atoms with E-state index in [9.17, 15) is 14.7 Å². The molecule has 0 spiro atoms. The molecule has 0 N–H and O–H groups in total. The largest absolute Gasteiger partial charge is 0.550 e. The number of rotatable bonds is 2. The van der Waals surface area contributed by atoms with Crippen molar-refractivity contribution in [3.8, 4) is 0 Å². The predicted octanol–water partition coefficient (Wildman–Crippen LogP) is 2.09. The summed E-state index contributed by atoms with van der Waals surface area (Å²) in [7, 11) is 0. The molecule has 5 heteroatoms. The molecule has 0 bridgehead atoms. The van der Waals surface area contributed by atoms with Crippen LogP contribution in [-0.4, -0.2) is 35.7 Å². The second kappa shape index (κ2) is 6.60. The third-order valence-electron chi connectivity index (χ3n) is 4.04. The van der Waals surface area contributed by atoms with Crippen LogP contribution in [0.5, 0.6) is 0 Å². The SMILES string of the molecule is Cc1cccc(C2CN(C(=O)OC(C)(C)C)CCC2C(=O)[O-])c1. The lowest BCUT2D eigenvalue weighted by Gasteiger charge is -2.39. The van der Waals surface area contributed by atoms with E-state index in [1.807, 2.05) is 52.0 Å². The first kappa shape index (κ1) is 17.3. The molecule has 0 radical (unpaired) electrons. The summed E-state index contributed by atoms with van der Waals surface area (Å²) in [6.07, 6.45) is -0.0212. The van der Waals surface area contributed by atoms with Crippen LogP contribution in [0, 0.1) is 12.8 Å². The van der Waals surface area contributed by atoms with E-state index >= 15 is 0 Å². The van der Waals surface area contributed by atoms with Crippen LogP contribution in [0.4, 0.5) is 4.79 Å². The molecule has 1 aromatic rings. The highest BCUT2D eigenvalue weighted by Gasteiger charge is 2.35. The molecule has 0 aliphatic carbocycles. The van der Waals surface area contributed by atoms with Gasteiger partial charge in [0.1, 0.15) is 5.60 Å². The molecule has 2 rings (SSSR count). The Bertz CT molecular complexity index is 591. The zero-order valence-corrected chi connectivity index (χ0v) is 14.2. The van der Waals surface area contributed by atoms with E-state index in [1.54, 1.807) is 4.90 Å². The van der Waals surface area contributed by atoms with Crippen LogP contribution in [0.2, 0.25) is 0 Å². The van der Waals surface area contributed by atoms with E-state index in [1.165, 1.54) is 0 Å². The van der Waals surface area contributed by atoms with Gasteiger partial charge in [-0.3, -0.25) is 0 Å². The number of carbonyl (C=O) groups is 2. The minimum absolute atomic E-state index is 0.277. The Morgan fingerprint density at radius 3 is 2.57 bits per heavy atom. The molecule has 2 atom stereocenters. The van der Waals surface area contributed by atoms with Crippen LogP contribution < -0.4 is 5.11 Å². The van der Waals surface area contributed by atoms with Crippen LogP contribution in [-0.2, 0) is 9.53 Å². The Balaban J connectivity index is 2.21. The second-order valence-electron chi connectivity index (χ2n) is 7.16. The highest BCUT2D eigenvalue weighted by molar-refractivity contribution is 5.72. The maximum absolute atomic E-state index is 12.3. The number of carboxylic acids is 1. The third kappa shape index (κ3) is 4.47. The summed E-state index contributed by atoms with van der Waals surface area (Å²) >= 11 is 0. The lowest BCUT2D eigenvalue weighted by molar-refractivity contribution is -0.313. The fourth-order valence-corrected chi connectivity index (χ4v) is 2.96. The molecule has 1 aliphatic heterocycles. The van der Waals surface area contributed by atoms with Crippen LogP contribution in [0.1, 0.15) is 44.2 Å². The van der Waals surface area contributed by atoms with Gasteiger partial charge in [-0.15, -0.1) is 0 Å². The zero-order valence-electron chi connectivity index (χ0n) is 14.2. The molecule has 1 fully saturated rings. The van der Waals surface area contributed by atoms with Gasteiger partial charge in [0.15, 0.2) is 0 Å². The minimum Gasteiger partial charge on any atom is -0.550 e. The van der Waals surface area contributed by atoms with Crippen molar-refractivity contribution >= 4 is 12.1 Å². The molecular formula is C18H24NO4-. The lowest BCUT2D eigenvalue weighted by Crippen LogP contribution is -2.49. The molecule has 1 aliphatic rings. The first-order valence-corrected chi connectivity index (χ1v) is 7.93. The number of ether oxygens (including phenoxy) is 1. The quantitative estimate of drug-likeness (QED) is 0.837. The van der Waals surface area contributed by atoms with Crippen molar-refractivity contribution < 1.29 is 19.4 Å². The highest BCUT2D eigenvalue weighted by Crippen LogP contribution is 2.33. The molecule has 0 aromatic heterocycles. The predicted molar refractivity (Wildman–Crippen MR) is 84.8 cm³/mol. The van der Waals surface area contributed by atoms with E-state index in [0.29, 0.717) is 19.5 Å². The van der Waals surface area contributed by atoms with Gasteiger partial charge in [0, 0.05) is 30.9 Å². The molecule has 1 aromatic carbocycles. The van der Waals surface area contributed by atoms with E-state index in [-0.39, 0.29) is 5.92 Å². The van der Waals surface area contributed by atoms with Gasteiger partial charge in [0.25, 0.3) is 0 Å². The molecule has 1 heterocycles. The number of amides is 1. The van der Waals surface area contributed by atoms with Gasteiger partial charge in [-0.2, -0.15) is 0 Å².